The molecule has 0 bridgehead atoms. The van der Waals surface area contributed by atoms with Crippen LogP contribution in [0.3, 0.4) is 0 Å². The zero-order valence-electron chi connectivity index (χ0n) is 10.5. The second kappa shape index (κ2) is 5.91. The summed E-state index contributed by atoms with van der Waals surface area (Å²) >= 11 is 1.45. The van der Waals surface area contributed by atoms with Gasteiger partial charge in [-0.3, -0.25) is 10.1 Å². The Morgan fingerprint density at radius 3 is 2.80 bits per heavy atom. The molecule has 2 rings (SSSR count). The molecule has 8 heteroatoms. The first kappa shape index (κ1) is 14.3. The van der Waals surface area contributed by atoms with E-state index in [2.05, 4.69) is 10.3 Å². The SMILES string of the molecule is Cc1csc(CCNc2c([N+](=O)[O-])ccc(F)c2F)n1. The molecule has 0 aliphatic heterocycles. The molecule has 1 aromatic heterocycles. The summed E-state index contributed by atoms with van der Waals surface area (Å²) < 4.78 is 26.7. The van der Waals surface area contributed by atoms with Crippen molar-refractivity contribution in [3.63, 3.8) is 0 Å². The van der Waals surface area contributed by atoms with Crippen molar-refractivity contribution in [3.05, 3.63) is 50.0 Å². The zero-order chi connectivity index (χ0) is 14.7. The molecule has 0 spiro atoms. The Morgan fingerprint density at radius 2 is 2.20 bits per heavy atom. The molecule has 106 valence electrons. The number of anilines is 1. The van der Waals surface area contributed by atoms with Gasteiger partial charge in [0.2, 0.25) is 0 Å². The van der Waals surface area contributed by atoms with E-state index in [4.69, 9.17) is 0 Å². The smallest absolute Gasteiger partial charge is 0.295 e. The lowest BCUT2D eigenvalue weighted by Gasteiger charge is -2.07. The molecule has 0 unspecified atom stereocenters. The Bertz CT molecular complexity index is 646. The highest BCUT2D eigenvalue weighted by molar-refractivity contribution is 7.09. The number of thiazole rings is 1. The molecular formula is C12H11F2N3O2S. The lowest BCUT2D eigenvalue weighted by atomic mass is 10.2. The van der Waals surface area contributed by atoms with Crippen molar-refractivity contribution in [2.45, 2.75) is 13.3 Å². The third-order valence-corrected chi connectivity index (χ3v) is 3.60. The van der Waals surface area contributed by atoms with Gasteiger partial charge in [0.25, 0.3) is 5.69 Å². The quantitative estimate of drug-likeness (QED) is 0.679. The first-order chi connectivity index (χ1) is 9.49. The molecule has 2 aromatic rings. The number of hydrogen-bond acceptors (Lipinski definition) is 5. The zero-order valence-corrected chi connectivity index (χ0v) is 11.3. The van der Waals surface area contributed by atoms with Crippen LogP contribution in [0.1, 0.15) is 10.7 Å². The van der Waals surface area contributed by atoms with Crippen LogP contribution in [0.15, 0.2) is 17.5 Å². The van der Waals surface area contributed by atoms with Gasteiger partial charge in [0.1, 0.15) is 0 Å². The van der Waals surface area contributed by atoms with Crippen molar-refractivity contribution in [3.8, 4) is 0 Å². The molecule has 1 aromatic carbocycles. The maximum Gasteiger partial charge on any atom is 0.295 e. The Labute approximate surface area is 117 Å². The van der Waals surface area contributed by atoms with E-state index in [1.807, 2.05) is 12.3 Å². The Balaban J connectivity index is 2.12. The van der Waals surface area contributed by atoms with Crippen LogP contribution in [0.25, 0.3) is 0 Å². The average molecular weight is 299 g/mol. The highest BCUT2D eigenvalue weighted by atomic mass is 32.1. The molecule has 0 aliphatic carbocycles. The van der Waals surface area contributed by atoms with Gasteiger partial charge in [-0.2, -0.15) is 0 Å². The van der Waals surface area contributed by atoms with Gasteiger partial charge in [-0.1, -0.05) is 0 Å². The van der Waals surface area contributed by atoms with Crippen LogP contribution in [0.2, 0.25) is 0 Å². The summed E-state index contributed by atoms with van der Waals surface area (Å²) in [6.45, 7) is 2.08. The van der Waals surface area contributed by atoms with E-state index < -0.39 is 27.9 Å². The maximum absolute atomic E-state index is 13.6. The number of nitro groups is 1. The lowest BCUT2D eigenvalue weighted by molar-refractivity contribution is -0.384. The monoisotopic (exact) mass is 299 g/mol. The first-order valence-electron chi connectivity index (χ1n) is 5.76. The van der Waals surface area contributed by atoms with E-state index in [1.165, 1.54) is 11.3 Å². The second-order valence-electron chi connectivity index (χ2n) is 4.07. The largest absolute Gasteiger partial charge is 0.377 e. The molecule has 0 atom stereocenters. The molecule has 0 saturated carbocycles. The molecule has 20 heavy (non-hydrogen) atoms. The topological polar surface area (TPSA) is 68.1 Å². The van der Waals surface area contributed by atoms with E-state index in [1.54, 1.807) is 0 Å². The van der Waals surface area contributed by atoms with Crippen LogP contribution in [0.5, 0.6) is 0 Å². The molecule has 0 amide bonds. The maximum atomic E-state index is 13.6. The van der Waals surface area contributed by atoms with Crippen molar-refractivity contribution < 1.29 is 13.7 Å². The summed E-state index contributed by atoms with van der Waals surface area (Å²) in [6.07, 6.45) is 0.478. The minimum atomic E-state index is -1.24. The number of nitrogens with zero attached hydrogens (tertiary/aromatic N) is 2. The number of halogens is 2. The number of benzene rings is 1. The normalized spacial score (nSPS) is 10.6. The molecule has 0 fully saturated rings. The highest BCUT2D eigenvalue weighted by Crippen LogP contribution is 2.29. The molecular weight excluding hydrogens is 288 g/mol. The van der Waals surface area contributed by atoms with Crippen LogP contribution in [0, 0.1) is 28.7 Å². The first-order valence-corrected chi connectivity index (χ1v) is 6.64. The van der Waals surface area contributed by atoms with Gasteiger partial charge in [0.15, 0.2) is 17.3 Å². The molecule has 5 nitrogen and oxygen atoms in total. The van der Waals surface area contributed by atoms with Crippen molar-refractivity contribution in [1.29, 1.82) is 0 Å². The Hall–Kier alpha value is -2.09. The van der Waals surface area contributed by atoms with Crippen molar-refractivity contribution in [1.82, 2.24) is 4.98 Å². The number of rotatable bonds is 5. The van der Waals surface area contributed by atoms with Gasteiger partial charge in [-0.15, -0.1) is 11.3 Å². The van der Waals surface area contributed by atoms with E-state index in [-0.39, 0.29) is 6.54 Å². The van der Waals surface area contributed by atoms with Crippen LogP contribution in [-0.4, -0.2) is 16.5 Å². The summed E-state index contributed by atoms with van der Waals surface area (Å²) in [4.78, 5) is 14.3. The van der Waals surface area contributed by atoms with Crippen LogP contribution in [-0.2, 0) is 6.42 Å². The fourth-order valence-electron chi connectivity index (χ4n) is 1.67. The predicted octanol–water partition coefficient (Wildman–Crippen LogP) is 3.29. The van der Waals surface area contributed by atoms with Crippen molar-refractivity contribution in [2.24, 2.45) is 0 Å². The van der Waals surface area contributed by atoms with Gasteiger partial charge < -0.3 is 5.32 Å². The van der Waals surface area contributed by atoms with E-state index in [0.717, 1.165) is 22.8 Å². The van der Waals surface area contributed by atoms with Crippen LogP contribution < -0.4 is 5.32 Å². The molecule has 1 heterocycles. The Kier molecular flexibility index (Phi) is 4.23. The number of aryl methyl sites for hydroxylation is 1. The average Bonchev–Trinajstić information content (AvgIpc) is 2.80. The number of nitrogens with one attached hydrogen (secondary N) is 1. The standard InChI is InChI=1S/C12H11F2N3O2S/c1-7-6-20-10(16-7)4-5-15-12-9(17(18)19)3-2-8(13)11(12)14/h2-3,6,15H,4-5H2,1H3. The fourth-order valence-corrected chi connectivity index (χ4v) is 2.45. The third kappa shape index (κ3) is 3.08. The van der Waals surface area contributed by atoms with Gasteiger partial charge in [0.05, 0.1) is 9.93 Å². The van der Waals surface area contributed by atoms with E-state index in [0.29, 0.717) is 6.42 Å². The van der Waals surface area contributed by atoms with Gasteiger partial charge in [-0.05, 0) is 13.0 Å². The summed E-state index contributed by atoms with van der Waals surface area (Å²) in [6, 6.07) is 1.68. The summed E-state index contributed by atoms with van der Waals surface area (Å²) in [5.74, 6) is -2.36. The molecule has 0 radical (unpaired) electrons. The Morgan fingerprint density at radius 1 is 1.45 bits per heavy atom. The minimum absolute atomic E-state index is 0.230. The fraction of sp³-hybridized carbons (Fsp3) is 0.250. The highest BCUT2D eigenvalue weighted by Gasteiger charge is 2.21. The summed E-state index contributed by atoms with van der Waals surface area (Å²) in [7, 11) is 0. The molecule has 1 N–H and O–H groups in total. The van der Waals surface area contributed by atoms with Crippen molar-refractivity contribution in [2.75, 3.05) is 11.9 Å². The lowest BCUT2D eigenvalue weighted by Crippen LogP contribution is -2.09. The van der Waals surface area contributed by atoms with Gasteiger partial charge in [0, 0.05) is 30.1 Å². The second-order valence-corrected chi connectivity index (χ2v) is 5.01. The molecule has 0 aliphatic rings. The minimum Gasteiger partial charge on any atom is -0.377 e. The van der Waals surface area contributed by atoms with Crippen LogP contribution in [0.4, 0.5) is 20.2 Å². The van der Waals surface area contributed by atoms with Gasteiger partial charge >= 0.3 is 0 Å². The number of hydrogen-bond donors (Lipinski definition) is 1. The van der Waals surface area contributed by atoms with Gasteiger partial charge in [-0.25, -0.2) is 13.8 Å². The third-order valence-electron chi connectivity index (χ3n) is 2.58. The number of aromatic nitrogens is 1. The summed E-state index contributed by atoms with van der Waals surface area (Å²) in [5.41, 5.74) is -0.0320. The summed E-state index contributed by atoms with van der Waals surface area (Å²) in [5, 5.41) is 16.1. The molecule has 0 saturated heterocycles. The van der Waals surface area contributed by atoms with E-state index in [9.17, 15) is 18.9 Å². The van der Waals surface area contributed by atoms with E-state index >= 15 is 0 Å². The number of nitro benzene ring substituents is 1. The predicted molar refractivity (Wildman–Crippen MR) is 72.1 cm³/mol. The van der Waals surface area contributed by atoms with Crippen molar-refractivity contribution >= 4 is 22.7 Å². The van der Waals surface area contributed by atoms with Crippen LogP contribution >= 0.6 is 11.3 Å².